The maximum absolute atomic E-state index is 13.6. The van der Waals surface area contributed by atoms with Gasteiger partial charge in [-0.1, -0.05) is 25.5 Å². The number of amides is 1. The number of fused-ring (bicyclic) bond motifs is 2. The van der Waals surface area contributed by atoms with Crippen LogP contribution in [-0.2, 0) is 0 Å². The molecule has 1 aromatic carbocycles. The standard InChI is InChI=1S/C25H22N6O2/c1-2-3-8-28-25(33)31-9-7-18-19(5-4-6-22(18)31)23(32)21-14-30-24-20(21)10-16(13-29-24)17-11-26-15-27-12-17/h4-7,9-15H,2-3,8H2,1H3,(H,28,33)(H,29,30). The molecule has 2 N–H and O–H groups in total. The number of aromatic amines is 1. The van der Waals surface area contributed by atoms with Crippen molar-refractivity contribution in [2.24, 2.45) is 0 Å². The number of nitrogens with zero attached hydrogens (tertiary/aromatic N) is 4. The zero-order valence-corrected chi connectivity index (χ0v) is 18.1. The number of H-pyrrole nitrogens is 1. The molecule has 0 aliphatic rings. The highest BCUT2D eigenvalue weighted by Crippen LogP contribution is 2.28. The Morgan fingerprint density at radius 1 is 1.03 bits per heavy atom. The van der Waals surface area contributed by atoms with E-state index in [9.17, 15) is 9.59 Å². The van der Waals surface area contributed by atoms with Crippen LogP contribution in [0.2, 0.25) is 0 Å². The summed E-state index contributed by atoms with van der Waals surface area (Å²) in [5.41, 5.74) is 4.00. The van der Waals surface area contributed by atoms with Crippen LogP contribution >= 0.6 is 0 Å². The molecule has 4 heterocycles. The molecule has 0 bridgehead atoms. The molecule has 0 spiro atoms. The first-order valence-corrected chi connectivity index (χ1v) is 10.8. The third-order valence-corrected chi connectivity index (χ3v) is 5.67. The molecule has 8 nitrogen and oxygen atoms in total. The minimum atomic E-state index is -0.200. The van der Waals surface area contributed by atoms with Gasteiger partial charge in [0.25, 0.3) is 0 Å². The van der Waals surface area contributed by atoms with Crippen LogP contribution in [0.5, 0.6) is 0 Å². The van der Waals surface area contributed by atoms with Gasteiger partial charge in [-0.3, -0.25) is 9.36 Å². The Kier molecular flexibility index (Phi) is 5.40. The van der Waals surface area contributed by atoms with Crippen LogP contribution in [0.15, 0.2) is 67.6 Å². The molecule has 0 saturated carbocycles. The van der Waals surface area contributed by atoms with Crippen LogP contribution in [0.25, 0.3) is 33.1 Å². The Balaban J connectivity index is 1.53. The summed E-state index contributed by atoms with van der Waals surface area (Å²) in [6, 6.07) is 8.94. The number of aromatic nitrogens is 5. The molecule has 164 valence electrons. The smallest absolute Gasteiger partial charge is 0.326 e. The van der Waals surface area contributed by atoms with Crippen molar-refractivity contribution >= 4 is 33.8 Å². The van der Waals surface area contributed by atoms with Crippen molar-refractivity contribution in [2.75, 3.05) is 6.54 Å². The third kappa shape index (κ3) is 3.76. The molecule has 5 rings (SSSR count). The summed E-state index contributed by atoms with van der Waals surface area (Å²) in [6.07, 6.45) is 11.9. The van der Waals surface area contributed by atoms with Gasteiger partial charge >= 0.3 is 6.03 Å². The normalized spacial score (nSPS) is 11.2. The number of pyridine rings is 1. The Morgan fingerprint density at radius 3 is 2.70 bits per heavy atom. The van der Waals surface area contributed by atoms with Gasteiger partial charge in [-0.15, -0.1) is 0 Å². The fraction of sp³-hybridized carbons (Fsp3) is 0.160. The van der Waals surface area contributed by atoms with E-state index in [2.05, 4.69) is 32.2 Å². The van der Waals surface area contributed by atoms with E-state index in [0.29, 0.717) is 28.8 Å². The van der Waals surface area contributed by atoms with E-state index in [1.165, 1.54) is 6.33 Å². The average Bonchev–Trinajstić information content (AvgIpc) is 3.48. The van der Waals surface area contributed by atoms with Gasteiger partial charge in [0, 0.05) is 70.6 Å². The molecule has 5 aromatic rings. The van der Waals surface area contributed by atoms with Gasteiger partial charge in [-0.05, 0) is 24.6 Å². The number of rotatable bonds is 6. The first kappa shape index (κ1) is 20.6. The van der Waals surface area contributed by atoms with E-state index < -0.39 is 0 Å². The topological polar surface area (TPSA) is 106 Å². The molecule has 0 radical (unpaired) electrons. The Labute approximate surface area is 189 Å². The summed E-state index contributed by atoms with van der Waals surface area (Å²) < 4.78 is 1.55. The lowest BCUT2D eigenvalue weighted by atomic mass is 9.99. The third-order valence-electron chi connectivity index (χ3n) is 5.67. The summed E-state index contributed by atoms with van der Waals surface area (Å²) in [5.74, 6) is -0.140. The highest BCUT2D eigenvalue weighted by Gasteiger charge is 2.20. The van der Waals surface area contributed by atoms with Crippen molar-refractivity contribution in [3.63, 3.8) is 0 Å². The second-order valence-electron chi connectivity index (χ2n) is 7.79. The van der Waals surface area contributed by atoms with Crippen LogP contribution in [-0.4, -0.2) is 42.9 Å². The van der Waals surface area contributed by atoms with Crippen LogP contribution in [0.4, 0.5) is 4.79 Å². The molecule has 0 atom stereocenters. The fourth-order valence-corrected chi connectivity index (χ4v) is 3.94. The zero-order valence-electron chi connectivity index (χ0n) is 18.1. The maximum Gasteiger partial charge on any atom is 0.326 e. The molecule has 0 aliphatic heterocycles. The van der Waals surface area contributed by atoms with Crippen molar-refractivity contribution in [2.45, 2.75) is 19.8 Å². The quantitative estimate of drug-likeness (QED) is 0.299. The minimum absolute atomic E-state index is 0.140. The molecule has 1 amide bonds. The first-order chi connectivity index (χ1) is 16.2. The molecule has 0 saturated heterocycles. The van der Waals surface area contributed by atoms with E-state index in [4.69, 9.17) is 0 Å². The highest BCUT2D eigenvalue weighted by molar-refractivity contribution is 6.21. The summed E-state index contributed by atoms with van der Waals surface area (Å²) in [6.45, 7) is 2.69. The van der Waals surface area contributed by atoms with E-state index in [1.807, 2.05) is 18.2 Å². The first-order valence-electron chi connectivity index (χ1n) is 10.8. The number of carbonyl (C=O) groups excluding carboxylic acids is 2. The number of hydrogen-bond donors (Lipinski definition) is 2. The van der Waals surface area contributed by atoms with Crippen LogP contribution in [0.3, 0.4) is 0 Å². The number of hydrogen-bond acceptors (Lipinski definition) is 5. The molecular weight excluding hydrogens is 416 g/mol. The van der Waals surface area contributed by atoms with Gasteiger partial charge in [0.15, 0.2) is 5.78 Å². The Bertz CT molecular complexity index is 1470. The Morgan fingerprint density at radius 2 is 1.88 bits per heavy atom. The lowest BCUT2D eigenvalue weighted by molar-refractivity contribution is 0.104. The van der Waals surface area contributed by atoms with Gasteiger partial charge < -0.3 is 10.3 Å². The fourth-order valence-electron chi connectivity index (χ4n) is 3.94. The molecule has 0 unspecified atom stereocenters. The number of ketones is 1. The van der Waals surface area contributed by atoms with E-state index in [1.54, 1.807) is 47.7 Å². The average molecular weight is 438 g/mol. The Hall–Kier alpha value is -4.33. The van der Waals surface area contributed by atoms with Crippen LogP contribution in [0.1, 0.15) is 35.7 Å². The van der Waals surface area contributed by atoms with Crippen molar-refractivity contribution in [3.8, 4) is 11.1 Å². The summed E-state index contributed by atoms with van der Waals surface area (Å²) in [5, 5.41) is 4.36. The van der Waals surface area contributed by atoms with Crippen molar-refractivity contribution in [1.29, 1.82) is 0 Å². The summed E-state index contributed by atoms with van der Waals surface area (Å²) in [7, 11) is 0. The molecule has 4 aromatic heterocycles. The summed E-state index contributed by atoms with van der Waals surface area (Å²) in [4.78, 5) is 41.8. The molecule has 0 fully saturated rings. The molecule has 0 aliphatic carbocycles. The largest absolute Gasteiger partial charge is 0.345 e. The lowest BCUT2D eigenvalue weighted by Crippen LogP contribution is -2.28. The minimum Gasteiger partial charge on any atom is -0.345 e. The predicted molar refractivity (Wildman–Crippen MR) is 126 cm³/mol. The molecular formula is C25H22N6O2. The number of nitrogens with one attached hydrogen (secondary N) is 2. The van der Waals surface area contributed by atoms with E-state index in [-0.39, 0.29) is 11.8 Å². The predicted octanol–water partition coefficient (Wildman–Crippen LogP) is 4.56. The summed E-state index contributed by atoms with van der Waals surface area (Å²) >= 11 is 0. The molecule has 33 heavy (non-hydrogen) atoms. The highest BCUT2D eigenvalue weighted by atomic mass is 16.2. The van der Waals surface area contributed by atoms with Crippen molar-refractivity contribution < 1.29 is 9.59 Å². The lowest BCUT2D eigenvalue weighted by Gasteiger charge is -2.08. The van der Waals surface area contributed by atoms with Crippen molar-refractivity contribution in [3.05, 3.63) is 78.8 Å². The van der Waals surface area contributed by atoms with Gasteiger partial charge in [-0.25, -0.2) is 19.7 Å². The van der Waals surface area contributed by atoms with Crippen LogP contribution < -0.4 is 5.32 Å². The second kappa shape index (κ2) is 8.66. The van der Waals surface area contributed by atoms with Gasteiger partial charge in [0.1, 0.15) is 12.0 Å². The SMILES string of the molecule is CCCCNC(=O)n1ccc2c(C(=O)c3c[nH]c4ncc(-c5cncnc5)cc34)cccc21. The van der Waals surface area contributed by atoms with Gasteiger partial charge in [0.2, 0.25) is 0 Å². The molecule has 8 heteroatoms. The van der Waals surface area contributed by atoms with E-state index >= 15 is 0 Å². The monoisotopic (exact) mass is 438 g/mol. The number of benzene rings is 1. The zero-order chi connectivity index (χ0) is 22.8. The maximum atomic E-state index is 13.6. The van der Waals surface area contributed by atoms with E-state index in [0.717, 1.165) is 34.7 Å². The van der Waals surface area contributed by atoms with Gasteiger partial charge in [-0.2, -0.15) is 0 Å². The second-order valence-corrected chi connectivity index (χ2v) is 7.79. The number of carbonyl (C=O) groups is 2. The number of unbranched alkanes of at least 4 members (excludes halogenated alkanes) is 1. The van der Waals surface area contributed by atoms with Crippen LogP contribution in [0, 0.1) is 0 Å². The van der Waals surface area contributed by atoms with Crippen molar-refractivity contribution in [1.82, 2.24) is 29.8 Å². The van der Waals surface area contributed by atoms with Gasteiger partial charge in [0.05, 0.1) is 5.52 Å².